The van der Waals surface area contributed by atoms with Gasteiger partial charge < -0.3 is 15.8 Å². The fourth-order valence-electron chi connectivity index (χ4n) is 4.11. The number of rotatable bonds is 7. The van der Waals surface area contributed by atoms with Crippen LogP contribution in [0.3, 0.4) is 0 Å². The van der Waals surface area contributed by atoms with Gasteiger partial charge in [0.1, 0.15) is 11.7 Å². The maximum absolute atomic E-state index is 13.1. The predicted octanol–water partition coefficient (Wildman–Crippen LogP) is 2.10. The summed E-state index contributed by atoms with van der Waals surface area (Å²) >= 11 is 0. The fourth-order valence-corrected chi connectivity index (χ4v) is 4.79. The maximum Gasteiger partial charge on any atom is 0.254 e. The maximum atomic E-state index is 13.1. The molecule has 35 heavy (non-hydrogen) atoms. The second kappa shape index (κ2) is 9.87. The lowest BCUT2D eigenvalue weighted by molar-refractivity contribution is 0.0881. The molecule has 1 fully saturated rings. The van der Waals surface area contributed by atoms with E-state index >= 15 is 0 Å². The molecule has 0 unspecified atom stereocenters. The lowest BCUT2D eigenvalue weighted by atomic mass is 9.92. The molecule has 4 rings (SSSR count). The number of aryl methyl sites for hydroxylation is 1. The number of nitrogens with one attached hydrogen (secondary N) is 1. The van der Waals surface area contributed by atoms with Crippen molar-refractivity contribution in [3.05, 3.63) is 60.0 Å². The number of pyridine rings is 1. The van der Waals surface area contributed by atoms with Gasteiger partial charge in [-0.3, -0.25) is 14.3 Å². The van der Waals surface area contributed by atoms with Crippen molar-refractivity contribution in [2.75, 3.05) is 6.26 Å². The Balaban J connectivity index is 1.44. The van der Waals surface area contributed by atoms with Crippen LogP contribution in [0.1, 0.15) is 46.4 Å². The first-order valence-corrected chi connectivity index (χ1v) is 13.1. The lowest BCUT2D eigenvalue weighted by Gasteiger charge is -2.29. The predicted molar refractivity (Wildman–Crippen MR) is 129 cm³/mol. The number of amides is 2. The summed E-state index contributed by atoms with van der Waals surface area (Å²) in [7, 11) is -1.76. The van der Waals surface area contributed by atoms with Crippen molar-refractivity contribution in [3.63, 3.8) is 0 Å². The molecule has 2 amide bonds. The van der Waals surface area contributed by atoms with E-state index in [1.54, 1.807) is 48.4 Å². The fraction of sp³-hybridized carbons (Fsp3) is 0.333. The van der Waals surface area contributed by atoms with Crippen LogP contribution < -0.4 is 15.8 Å². The second-order valence-corrected chi connectivity index (χ2v) is 10.7. The van der Waals surface area contributed by atoms with Crippen LogP contribution >= 0.6 is 0 Å². The molecule has 2 aromatic heterocycles. The molecule has 0 bridgehead atoms. The van der Waals surface area contributed by atoms with Crippen molar-refractivity contribution in [1.82, 2.24) is 20.1 Å². The second-order valence-electron chi connectivity index (χ2n) is 8.71. The van der Waals surface area contributed by atoms with Gasteiger partial charge in [0.25, 0.3) is 11.8 Å². The Morgan fingerprint density at radius 1 is 1.14 bits per heavy atom. The first-order valence-electron chi connectivity index (χ1n) is 11.2. The van der Waals surface area contributed by atoms with Crippen LogP contribution in [0.5, 0.6) is 5.88 Å². The highest BCUT2D eigenvalue weighted by Crippen LogP contribution is 2.27. The van der Waals surface area contributed by atoms with Gasteiger partial charge >= 0.3 is 0 Å². The van der Waals surface area contributed by atoms with Gasteiger partial charge in [-0.05, 0) is 61.6 Å². The Kier molecular flexibility index (Phi) is 6.88. The molecule has 1 aromatic carbocycles. The number of carbonyl (C=O) groups excluding carboxylic acids is 2. The highest BCUT2D eigenvalue weighted by molar-refractivity contribution is 7.90. The smallest absolute Gasteiger partial charge is 0.254 e. The molecule has 10 nitrogen and oxygen atoms in total. The van der Waals surface area contributed by atoms with Gasteiger partial charge in [-0.25, -0.2) is 13.4 Å². The molecule has 1 saturated carbocycles. The summed E-state index contributed by atoms with van der Waals surface area (Å²) in [5.74, 6) is -0.727. The van der Waals surface area contributed by atoms with E-state index in [0.29, 0.717) is 31.2 Å². The first kappa shape index (κ1) is 24.4. The highest BCUT2D eigenvalue weighted by atomic mass is 32.2. The van der Waals surface area contributed by atoms with Crippen molar-refractivity contribution < 1.29 is 22.7 Å². The van der Waals surface area contributed by atoms with E-state index in [1.807, 2.05) is 0 Å². The number of ether oxygens (including phenoxy) is 1. The lowest BCUT2D eigenvalue weighted by Crippen LogP contribution is -2.40. The Labute approximate surface area is 203 Å². The van der Waals surface area contributed by atoms with Crippen LogP contribution in [0.4, 0.5) is 0 Å². The molecule has 0 radical (unpaired) electrons. The number of nitrogens with zero attached hydrogens (tertiary/aromatic N) is 3. The molecule has 3 N–H and O–H groups in total. The van der Waals surface area contributed by atoms with Crippen LogP contribution in [0.25, 0.3) is 11.1 Å². The SMILES string of the molecule is Cn1cc(-c2cc(C(=O)N[C@H]3CC[C@H](Oc4ncccc4C(N)=O)CC3)cc(S(C)(=O)=O)c2)cn1. The van der Waals surface area contributed by atoms with Crippen LogP contribution in [0, 0.1) is 0 Å². The molecule has 0 aliphatic heterocycles. The van der Waals surface area contributed by atoms with Crippen LogP contribution in [0.2, 0.25) is 0 Å². The molecule has 3 aromatic rings. The van der Waals surface area contributed by atoms with Gasteiger partial charge in [0.2, 0.25) is 5.88 Å². The quantitative estimate of drug-likeness (QED) is 0.508. The number of hydrogen-bond acceptors (Lipinski definition) is 7. The molecule has 0 atom stereocenters. The van der Waals surface area contributed by atoms with Crippen LogP contribution in [0.15, 0.2) is 53.8 Å². The minimum absolute atomic E-state index is 0.0710. The van der Waals surface area contributed by atoms with Gasteiger partial charge in [0.05, 0.1) is 11.1 Å². The number of primary amides is 1. The molecule has 11 heteroatoms. The van der Waals surface area contributed by atoms with E-state index in [4.69, 9.17) is 10.5 Å². The summed E-state index contributed by atoms with van der Waals surface area (Å²) in [6.07, 6.45) is 8.52. The Morgan fingerprint density at radius 3 is 2.51 bits per heavy atom. The van der Waals surface area contributed by atoms with Gasteiger partial charge in [0.15, 0.2) is 9.84 Å². The average Bonchev–Trinajstić information content (AvgIpc) is 3.26. The van der Waals surface area contributed by atoms with Gasteiger partial charge in [-0.2, -0.15) is 5.10 Å². The van der Waals surface area contributed by atoms with Crippen molar-refractivity contribution in [1.29, 1.82) is 0 Å². The summed E-state index contributed by atoms with van der Waals surface area (Å²) < 4.78 is 32.0. The summed E-state index contributed by atoms with van der Waals surface area (Å²) in [6.45, 7) is 0. The summed E-state index contributed by atoms with van der Waals surface area (Å²) in [5.41, 5.74) is 7.21. The summed E-state index contributed by atoms with van der Waals surface area (Å²) in [6, 6.07) is 7.71. The molecular formula is C24H27N5O5S. The zero-order chi connectivity index (χ0) is 25.2. The van der Waals surface area contributed by atoms with Gasteiger partial charge in [-0.15, -0.1) is 0 Å². The minimum atomic E-state index is -3.52. The summed E-state index contributed by atoms with van der Waals surface area (Å²) in [5, 5.41) is 7.14. The zero-order valence-electron chi connectivity index (χ0n) is 19.5. The standard InChI is InChI=1S/C24H27N5O5S/c1-29-14-17(13-27-29)15-10-16(12-20(11-15)35(2,32)33)23(31)28-18-5-7-19(8-6-18)34-24-21(22(25)30)4-3-9-26-24/h3-4,9-14,18-19H,5-8H2,1-2H3,(H2,25,30)(H,28,31)/t18-,19-. The average molecular weight is 498 g/mol. The molecule has 1 aliphatic carbocycles. The van der Waals surface area contributed by atoms with Crippen LogP contribution in [-0.2, 0) is 16.9 Å². The Bertz CT molecular complexity index is 1360. The topological polar surface area (TPSA) is 146 Å². The minimum Gasteiger partial charge on any atom is -0.474 e. The third-order valence-corrected chi connectivity index (χ3v) is 7.05. The number of benzene rings is 1. The van der Waals surface area contributed by atoms with Gasteiger partial charge in [-0.1, -0.05) is 0 Å². The number of nitrogens with two attached hydrogens (primary N) is 1. The van der Waals surface area contributed by atoms with E-state index in [9.17, 15) is 18.0 Å². The van der Waals surface area contributed by atoms with E-state index in [-0.39, 0.29) is 40.0 Å². The summed E-state index contributed by atoms with van der Waals surface area (Å²) in [4.78, 5) is 28.8. The Hall–Kier alpha value is -3.73. The van der Waals surface area contributed by atoms with E-state index < -0.39 is 15.7 Å². The third-order valence-electron chi connectivity index (χ3n) is 5.96. The van der Waals surface area contributed by atoms with Crippen molar-refractivity contribution in [2.24, 2.45) is 12.8 Å². The van der Waals surface area contributed by atoms with E-state index in [0.717, 1.165) is 11.8 Å². The number of sulfone groups is 1. The van der Waals surface area contributed by atoms with E-state index in [1.165, 1.54) is 12.3 Å². The largest absolute Gasteiger partial charge is 0.474 e. The van der Waals surface area contributed by atoms with Crippen LogP contribution in [-0.4, -0.2) is 53.4 Å². The van der Waals surface area contributed by atoms with Crippen molar-refractivity contribution >= 4 is 21.7 Å². The molecular weight excluding hydrogens is 470 g/mol. The van der Waals surface area contributed by atoms with Gasteiger partial charge in [0, 0.05) is 42.9 Å². The van der Waals surface area contributed by atoms with E-state index in [2.05, 4.69) is 15.4 Å². The first-order chi connectivity index (χ1) is 16.6. The molecule has 184 valence electrons. The highest BCUT2D eigenvalue weighted by Gasteiger charge is 2.26. The van der Waals surface area contributed by atoms with Crippen molar-refractivity contribution in [3.8, 4) is 17.0 Å². The molecule has 1 aliphatic rings. The molecule has 0 spiro atoms. The Morgan fingerprint density at radius 2 is 1.89 bits per heavy atom. The van der Waals surface area contributed by atoms with Crippen molar-refractivity contribution in [2.45, 2.75) is 42.7 Å². The third kappa shape index (κ3) is 5.86. The zero-order valence-corrected chi connectivity index (χ0v) is 20.3. The number of carbonyl (C=O) groups is 2. The normalized spacial score (nSPS) is 18.1. The monoisotopic (exact) mass is 497 g/mol. The number of aromatic nitrogens is 3. The number of hydrogen-bond donors (Lipinski definition) is 2. The molecule has 0 saturated heterocycles. The molecule has 2 heterocycles.